The van der Waals surface area contributed by atoms with Crippen LogP contribution in [0, 0.1) is 26.6 Å². The van der Waals surface area contributed by atoms with E-state index in [9.17, 15) is 0 Å². The van der Waals surface area contributed by atoms with Gasteiger partial charge in [-0.3, -0.25) is 0 Å². The van der Waals surface area contributed by atoms with Crippen molar-refractivity contribution in [1.29, 1.82) is 0 Å². The molecule has 0 amide bonds. The van der Waals surface area contributed by atoms with Crippen LogP contribution in [0.15, 0.2) is 0 Å². The molecular formula is C4HFeKO4. The SMILES string of the molecule is [C-]#[O+].[C-]#[O+].[C-]#[O+].[C-]#[O+].[Fe].[H-].[K+]. The minimum absolute atomic E-state index is 0. The Morgan fingerprint density at radius 3 is 0.600 bits per heavy atom. The number of hydrogen-bond acceptors (Lipinski definition) is 0. The zero-order valence-electron chi connectivity index (χ0n) is 5.99. The van der Waals surface area contributed by atoms with Crippen molar-refractivity contribution in [2.24, 2.45) is 0 Å². The maximum Gasteiger partial charge on any atom is 1.00 e. The largest absolute Gasteiger partial charge is 1.00 e. The summed E-state index contributed by atoms with van der Waals surface area (Å²) in [5.74, 6) is 0. The molecule has 0 aromatic heterocycles. The summed E-state index contributed by atoms with van der Waals surface area (Å²) >= 11 is 0. The fourth-order valence-electron chi connectivity index (χ4n) is 0. The predicted octanol–water partition coefficient (Wildman–Crippen LogP) is -3.04. The molecule has 0 heterocycles. The molecule has 6 heteroatoms. The monoisotopic (exact) mass is 208 g/mol. The molecule has 0 radical (unpaired) electrons. The maximum absolute atomic E-state index is 7.50. The molecule has 0 N–H and O–H groups in total. The van der Waals surface area contributed by atoms with E-state index in [0.29, 0.717) is 0 Å². The standard InChI is InChI=1S/4CO.Fe.K.H/c4*1-2;;;/q;;;;;+1;-1. The Morgan fingerprint density at radius 1 is 0.600 bits per heavy atom. The normalized spacial score (nSPS) is 0.800. The minimum atomic E-state index is 0. The van der Waals surface area contributed by atoms with Crippen LogP contribution in [0.5, 0.6) is 0 Å². The Hall–Kier alpha value is 1.12. The van der Waals surface area contributed by atoms with Crippen LogP contribution in [0.1, 0.15) is 1.43 Å². The first kappa shape index (κ1) is 43.5. The zero-order chi connectivity index (χ0) is 8.00. The van der Waals surface area contributed by atoms with Crippen LogP contribution >= 0.6 is 0 Å². The second-order valence-corrected chi connectivity index (χ2v) is 0. The topological polar surface area (TPSA) is 79.6 Å². The molecule has 0 aliphatic rings. The molecule has 0 atom stereocenters. The molecule has 10 heavy (non-hydrogen) atoms. The first-order chi connectivity index (χ1) is 4.00. The van der Waals surface area contributed by atoms with Crippen molar-refractivity contribution in [2.75, 3.05) is 0 Å². The van der Waals surface area contributed by atoms with E-state index in [1.165, 1.54) is 0 Å². The van der Waals surface area contributed by atoms with E-state index in [0.717, 1.165) is 0 Å². The summed E-state index contributed by atoms with van der Waals surface area (Å²) in [6.07, 6.45) is 0. The molecule has 0 bridgehead atoms. The third-order valence-electron chi connectivity index (χ3n) is 0. The van der Waals surface area contributed by atoms with Crippen molar-refractivity contribution >= 4 is 0 Å². The van der Waals surface area contributed by atoms with Crippen molar-refractivity contribution < 1.29 is 88.5 Å². The van der Waals surface area contributed by atoms with Gasteiger partial charge in [0.2, 0.25) is 0 Å². The minimum Gasteiger partial charge on any atom is -1.00 e. The van der Waals surface area contributed by atoms with E-state index in [-0.39, 0.29) is 69.9 Å². The van der Waals surface area contributed by atoms with E-state index < -0.39 is 0 Å². The van der Waals surface area contributed by atoms with Gasteiger partial charge in [0.15, 0.2) is 0 Å². The Morgan fingerprint density at radius 2 is 0.600 bits per heavy atom. The Balaban J connectivity index is -0.00000000356. The van der Waals surface area contributed by atoms with E-state index in [4.69, 9.17) is 18.6 Å². The summed E-state index contributed by atoms with van der Waals surface area (Å²) in [7, 11) is 0. The van der Waals surface area contributed by atoms with Gasteiger partial charge >= 0.3 is 96.6 Å². The fourth-order valence-corrected chi connectivity index (χ4v) is 0. The molecule has 0 aliphatic heterocycles. The van der Waals surface area contributed by atoms with Gasteiger partial charge in [0.1, 0.15) is 0 Å². The molecule has 0 rings (SSSR count). The van der Waals surface area contributed by atoms with Crippen LogP contribution < -0.4 is 51.4 Å². The molecule has 0 unspecified atom stereocenters. The van der Waals surface area contributed by atoms with Crippen LogP contribution in [-0.4, -0.2) is 0 Å². The van der Waals surface area contributed by atoms with Crippen molar-refractivity contribution in [1.82, 2.24) is 0 Å². The van der Waals surface area contributed by atoms with Crippen molar-refractivity contribution in [3.8, 4) is 0 Å². The molecule has 0 fully saturated rings. The molecule has 50 valence electrons. The van der Waals surface area contributed by atoms with Crippen LogP contribution in [-0.2, 0) is 35.7 Å². The summed E-state index contributed by atoms with van der Waals surface area (Å²) < 4.78 is 30.0. The third-order valence-corrected chi connectivity index (χ3v) is 0. The third kappa shape index (κ3) is 482. The fraction of sp³-hybridized carbons (Fsp3) is 0. The van der Waals surface area contributed by atoms with Crippen LogP contribution in [0.4, 0.5) is 0 Å². The Bertz CT molecular complexity index is 65.1. The van der Waals surface area contributed by atoms with E-state index in [2.05, 4.69) is 26.6 Å². The van der Waals surface area contributed by atoms with E-state index >= 15 is 0 Å². The molecule has 0 saturated carbocycles. The first-order valence-corrected chi connectivity index (χ1v) is 0.816. The van der Waals surface area contributed by atoms with Gasteiger partial charge in [0, 0.05) is 17.1 Å². The first-order valence-electron chi connectivity index (χ1n) is 0.816. The van der Waals surface area contributed by atoms with Gasteiger partial charge in [-0.25, -0.2) is 0 Å². The van der Waals surface area contributed by atoms with Gasteiger partial charge in [-0.15, -0.1) is 0 Å². The summed E-state index contributed by atoms with van der Waals surface area (Å²) in [4.78, 5) is 0. The Labute approximate surface area is 113 Å². The average Bonchev–Trinajstić information content (AvgIpc) is 2.03. The summed E-state index contributed by atoms with van der Waals surface area (Å²) in [5.41, 5.74) is 0. The van der Waals surface area contributed by atoms with Crippen molar-refractivity contribution in [3.05, 3.63) is 26.6 Å². The number of rotatable bonds is 0. The predicted molar refractivity (Wildman–Crippen MR) is 16.8 cm³/mol. The quantitative estimate of drug-likeness (QED) is 0.230. The summed E-state index contributed by atoms with van der Waals surface area (Å²) in [5, 5.41) is 0. The van der Waals surface area contributed by atoms with Crippen LogP contribution in [0.2, 0.25) is 0 Å². The van der Waals surface area contributed by atoms with Crippen LogP contribution in [0.3, 0.4) is 0 Å². The molecule has 0 aliphatic carbocycles. The summed E-state index contributed by atoms with van der Waals surface area (Å²) in [6.45, 7) is 18.0. The maximum atomic E-state index is 7.50. The van der Waals surface area contributed by atoms with E-state index in [1.54, 1.807) is 0 Å². The molecule has 0 aromatic carbocycles. The summed E-state index contributed by atoms with van der Waals surface area (Å²) in [6, 6.07) is 0. The van der Waals surface area contributed by atoms with Gasteiger partial charge in [0.25, 0.3) is 0 Å². The molecular weight excluding hydrogens is 207 g/mol. The molecule has 0 saturated heterocycles. The molecule has 4 nitrogen and oxygen atoms in total. The van der Waals surface area contributed by atoms with Gasteiger partial charge in [0.05, 0.1) is 0 Å². The zero-order valence-corrected chi connectivity index (χ0v) is 9.21. The smallest absolute Gasteiger partial charge is 1.00 e. The average molecular weight is 208 g/mol. The van der Waals surface area contributed by atoms with Crippen molar-refractivity contribution in [3.63, 3.8) is 0 Å². The Kier molecular flexibility index (Phi) is 2930. The van der Waals surface area contributed by atoms with E-state index in [1.807, 2.05) is 0 Å². The second kappa shape index (κ2) is 675. The van der Waals surface area contributed by atoms with Gasteiger partial charge in [-0.05, 0) is 0 Å². The van der Waals surface area contributed by atoms with Gasteiger partial charge in [-0.1, -0.05) is 0 Å². The molecule has 0 spiro atoms. The second-order valence-electron chi connectivity index (χ2n) is 0. The van der Waals surface area contributed by atoms with Gasteiger partial charge in [-0.2, -0.15) is 0 Å². The molecule has 0 aromatic rings. The van der Waals surface area contributed by atoms with Gasteiger partial charge < -0.3 is 1.43 Å². The number of hydrogen-bond donors (Lipinski definition) is 0. The van der Waals surface area contributed by atoms with Crippen molar-refractivity contribution in [2.45, 2.75) is 0 Å². The van der Waals surface area contributed by atoms with Crippen LogP contribution in [0.25, 0.3) is 0 Å².